The van der Waals surface area contributed by atoms with Crippen molar-refractivity contribution >= 4 is 43.1 Å². The molecule has 53 heavy (non-hydrogen) atoms. The van der Waals surface area contributed by atoms with E-state index in [0.717, 1.165) is 12.8 Å². The predicted octanol–water partition coefficient (Wildman–Crippen LogP) is 15.2. The summed E-state index contributed by atoms with van der Waals surface area (Å²) in [6.07, 6.45) is 6.31. The van der Waals surface area contributed by atoms with Gasteiger partial charge >= 0.3 is 0 Å². The Labute approximate surface area is 316 Å². The summed E-state index contributed by atoms with van der Waals surface area (Å²) in [7, 11) is 0. The third kappa shape index (κ3) is 5.84. The van der Waals surface area contributed by atoms with Gasteiger partial charge < -0.3 is 0 Å². The summed E-state index contributed by atoms with van der Waals surface area (Å²) in [5, 5.41) is 10.2. The van der Waals surface area contributed by atoms with Crippen LogP contribution in [0.4, 0.5) is 0 Å². The average molecular weight is 689 g/mol. The summed E-state index contributed by atoms with van der Waals surface area (Å²) in [6, 6.07) is 55.9. The van der Waals surface area contributed by atoms with Gasteiger partial charge in [-0.3, -0.25) is 0 Å². The fraction of sp³-hybridized carbons (Fsp3) is 0.245. The smallest absolute Gasteiger partial charge is 0.0654 e. The van der Waals surface area contributed by atoms with Crippen LogP contribution in [0.5, 0.6) is 0 Å². The summed E-state index contributed by atoms with van der Waals surface area (Å²) in [6.45, 7) is 13.7. The fourth-order valence-electron chi connectivity index (χ4n) is 8.97. The van der Waals surface area contributed by atoms with Crippen molar-refractivity contribution in [3.63, 3.8) is 0 Å². The van der Waals surface area contributed by atoms with Crippen molar-refractivity contribution in [1.29, 1.82) is 0 Å². The Morgan fingerprint density at radius 1 is 0.434 bits per heavy atom. The highest BCUT2D eigenvalue weighted by Gasteiger charge is 2.47. The van der Waals surface area contributed by atoms with Crippen LogP contribution >= 0.6 is 0 Å². The third-order valence-electron chi connectivity index (χ3n) is 12.5. The molecule has 9 rings (SSSR count). The second-order valence-corrected chi connectivity index (χ2v) is 15.7. The van der Waals surface area contributed by atoms with E-state index in [9.17, 15) is 0 Å². The van der Waals surface area contributed by atoms with Gasteiger partial charge in [0.2, 0.25) is 0 Å². The molecule has 0 aromatic heterocycles. The van der Waals surface area contributed by atoms with Gasteiger partial charge in [-0.15, -0.1) is 0 Å². The van der Waals surface area contributed by atoms with Crippen LogP contribution < -0.4 is 0 Å². The molecule has 1 aliphatic carbocycles. The molecule has 0 radical (unpaired) electrons. The van der Waals surface area contributed by atoms with Crippen molar-refractivity contribution in [2.24, 2.45) is 0 Å². The van der Waals surface area contributed by atoms with Crippen molar-refractivity contribution in [2.45, 2.75) is 84.5 Å². The van der Waals surface area contributed by atoms with E-state index in [1.165, 1.54) is 107 Å². The molecule has 0 atom stereocenters. The van der Waals surface area contributed by atoms with Crippen LogP contribution in [0.15, 0.2) is 146 Å². The molecule has 0 heterocycles. The van der Waals surface area contributed by atoms with Crippen molar-refractivity contribution in [3.8, 4) is 11.1 Å². The van der Waals surface area contributed by atoms with Gasteiger partial charge in [0.1, 0.15) is 0 Å². The monoisotopic (exact) mass is 688 g/mol. The van der Waals surface area contributed by atoms with Gasteiger partial charge in [-0.25, -0.2) is 0 Å². The standard InChI is InChI=1S/C48H40.C5H12/c1-5-47(4,6-2)40-20-22-46-44(30-40)43-23-31(3)15-21-45(43)48(46,41-18-16-36-24-32-11-7-9-13-34(32)26-38(36)28-41)42-19-17-37-25-33-12-8-10-14-35(33)27-39(37)29-42;1-3-5-4-2/h7-30H,5-6H2,1-4H3;3-5H2,1-2H3. The predicted molar refractivity (Wildman–Crippen MR) is 232 cm³/mol. The number of unbranched alkanes of at least 4 members (excludes halogenated alkanes) is 2. The van der Waals surface area contributed by atoms with Gasteiger partial charge in [0, 0.05) is 0 Å². The minimum absolute atomic E-state index is 0.137. The van der Waals surface area contributed by atoms with Crippen LogP contribution in [-0.2, 0) is 10.8 Å². The molecule has 1 aliphatic rings. The Hall–Kier alpha value is -5.20. The van der Waals surface area contributed by atoms with E-state index in [2.05, 4.69) is 187 Å². The molecule has 0 heteroatoms. The van der Waals surface area contributed by atoms with Crippen molar-refractivity contribution in [3.05, 3.63) is 179 Å². The Balaban J connectivity index is 0.000000752. The van der Waals surface area contributed by atoms with E-state index in [4.69, 9.17) is 0 Å². The maximum Gasteiger partial charge on any atom is 0.0714 e. The molecule has 0 bridgehead atoms. The topological polar surface area (TPSA) is 0 Å². The Morgan fingerprint density at radius 3 is 1.32 bits per heavy atom. The maximum absolute atomic E-state index is 2.53. The lowest BCUT2D eigenvalue weighted by Gasteiger charge is -2.35. The summed E-state index contributed by atoms with van der Waals surface area (Å²) in [5.74, 6) is 0. The molecular weight excluding hydrogens is 637 g/mol. The molecule has 8 aromatic rings. The Morgan fingerprint density at radius 2 is 0.868 bits per heavy atom. The van der Waals surface area contributed by atoms with Crippen LogP contribution in [0.25, 0.3) is 54.2 Å². The summed E-state index contributed by atoms with van der Waals surface area (Å²) >= 11 is 0. The molecule has 0 saturated carbocycles. The SMILES string of the molecule is CCC(C)(CC)c1ccc2c(c1)-c1cc(C)ccc1C2(c1ccc2cc3ccccc3cc2c1)c1ccc2cc3ccccc3cc2c1.CCCCC. The molecule has 8 aromatic carbocycles. The highest BCUT2D eigenvalue weighted by molar-refractivity contribution is 6.01. The molecule has 0 aliphatic heterocycles. The number of rotatable bonds is 7. The normalized spacial score (nSPS) is 13.2. The zero-order valence-corrected chi connectivity index (χ0v) is 32.4. The van der Waals surface area contributed by atoms with Crippen LogP contribution in [0.1, 0.15) is 100 Å². The molecular formula is C53H52. The van der Waals surface area contributed by atoms with Crippen LogP contribution in [0.2, 0.25) is 0 Å². The summed E-state index contributed by atoms with van der Waals surface area (Å²) < 4.78 is 0. The first-order valence-electron chi connectivity index (χ1n) is 20.0. The van der Waals surface area contributed by atoms with E-state index in [1.807, 2.05) is 0 Å². The first-order valence-corrected chi connectivity index (χ1v) is 20.0. The van der Waals surface area contributed by atoms with Crippen molar-refractivity contribution in [2.75, 3.05) is 0 Å². The third-order valence-corrected chi connectivity index (χ3v) is 12.5. The Kier molecular flexibility index (Phi) is 9.20. The summed E-state index contributed by atoms with van der Waals surface area (Å²) in [4.78, 5) is 0. The minimum Gasteiger partial charge on any atom is -0.0654 e. The second kappa shape index (κ2) is 14.0. The molecule has 0 N–H and O–H groups in total. The highest BCUT2D eigenvalue weighted by Crippen LogP contribution is 2.57. The van der Waals surface area contributed by atoms with Gasteiger partial charge in [0.15, 0.2) is 0 Å². The molecule has 0 amide bonds. The molecule has 264 valence electrons. The van der Waals surface area contributed by atoms with Gasteiger partial charge in [-0.05, 0) is 144 Å². The van der Waals surface area contributed by atoms with Crippen molar-refractivity contribution < 1.29 is 0 Å². The van der Waals surface area contributed by atoms with Crippen molar-refractivity contribution in [1.82, 2.24) is 0 Å². The first-order chi connectivity index (χ1) is 25.8. The largest absolute Gasteiger partial charge is 0.0714 e. The average Bonchev–Trinajstić information content (AvgIpc) is 3.48. The Bertz CT molecular complexity index is 2490. The highest BCUT2D eigenvalue weighted by atomic mass is 14.5. The van der Waals surface area contributed by atoms with Crippen LogP contribution in [-0.4, -0.2) is 0 Å². The molecule has 0 fully saturated rings. The van der Waals surface area contributed by atoms with Gasteiger partial charge in [-0.2, -0.15) is 0 Å². The maximum atomic E-state index is 2.53. The van der Waals surface area contributed by atoms with E-state index >= 15 is 0 Å². The molecule has 0 spiro atoms. The van der Waals surface area contributed by atoms with Crippen LogP contribution in [0, 0.1) is 6.92 Å². The fourth-order valence-corrected chi connectivity index (χ4v) is 8.97. The zero-order valence-electron chi connectivity index (χ0n) is 32.4. The quantitative estimate of drug-likeness (QED) is 0.146. The molecule has 0 unspecified atom stereocenters. The number of benzene rings is 8. The van der Waals surface area contributed by atoms with Gasteiger partial charge in [0.05, 0.1) is 5.41 Å². The minimum atomic E-state index is -0.467. The molecule has 0 saturated heterocycles. The van der Waals surface area contributed by atoms with E-state index < -0.39 is 5.41 Å². The first kappa shape index (κ1) is 34.9. The van der Waals surface area contributed by atoms with E-state index in [1.54, 1.807) is 0 Å². The second-order valence-electron chi connectivity index (χ2n) is 15.7. The lowest BCUT2D eigenvalue weighted by molar-refractivity contribution is 0.439. The van der Waals surface area contributed by atoms with E-state index in [-0.39, 0.29) is 5.41 Å². The summed E-state index contributed by atoms with van der Waals surface area (Å²) in [5.41, 5.74) is 10.5. The van der Waals surface area contributed by atoms with Gasteiger partial charge in [0.25, 0.3) is 0 Å². The number of hydrogen-bond acceptors (Lipinski definition) is 0. The van der Waals surface area contributed by atoms with E-state index in [0.29, 0.717) is 0 Å². The van der Waals surface area contributed by atoms with Gasteiger partial charge in [-0.1, -0.05) is 169 Å². The lowest BCUT2D eigenvalue weighted by atomic mass is 9.66. The number of fused-ring (bicyclic) bond motifs is 7. The number of aryl methyl sites for hydroxylation is 1. The molecule has 0 nitrogen and oxygen atoms in total. The van der Waals surface area contributed by atoms with Crippen LogP contribution in [0.3, 0.4) is 0 Å². The number of hydrogen-bond donors (Lipinski definition) is 0. The zero-order chi connectivity index (χ0) is 36.7. The lowest BCUT2D eigenvalue weighted by Crippen LogP contribution is -2.29.